The smallest absolute Gasteiger partial charge is 0.223 e. The molecule has 92 valence electrons. The van der Waals surface area contributed by atoms with Crippen LogP contribution in [0.25, 0.3) is 0 Å². The zero-order valence-corrected chi connectivity index (χ0v) is 10.5. The van der Waals surface area contributed by atoms with E-state index < -0.39 is 0 Å². The second-order valence-electron chi connectivity index (χ2n) is 3.90. The molecule has 0 heterocycles. The molecule has 0 aliphatic carbocycles. The van der Waals surface area contributed by atoms with Crippen molar-refractivity contribution in [2.24, 2.45) is 5.92 Å². The summed E-state index contributed by atoms with van der Waals surface area (Å²) in [6, 6.07) is 0. The average Bonchev–Trinajstić information content (AvgIpc) is 2.23. The predicted molar refractivity (Wildman–Crippen MR) is 64.9 cm³/mol. The molecule has 0 saturated carbocycles. The number of ether oxygens (including phenoxy) is 1. The third-order valence-electron chi connectivity index (χ3n) is 2.52. The van der Waals surface area contributed by atoms with E-state index in [1.54, 1.807) is 0 Å². The molecule has 3 nitrogen and oxygen atoms in total. The first-order valence-electron chi connectivity index (χ1n) is 6.04. The first-order chi connectivity index (χ1) is 7.15. The van der Waals surface area contributed by atoms with Crippen LogP contribution >= 0.6 is 0 Å². The summed E-state index contributed by atoms with van der Waals surface area (Å²) in [5.74, 6) is 0.342. The molecule has 0 aromatic heterocycles. The lowest BCUT2D eigenvalue weighted by Gasteiger charge is -2.17. The van der Waals surface area contributed by atoms with Crippen molar-refractivity contribution in [1.82, 2.24) is 5.32 Å². The van der Waals surface area contributed by atoms with Gasteiger partial charge in [0.05, 0.1) is 6.10 Å². The average molecular weight is 217 g/mol. The lowest BCUT2D eigenvalue weighted by molar-refractivity contribution is -0.125. The van der Waals surface area contributed by atoms with Crippen LogP contribution in [0.1, 0.15) is 48.4 Å². The minimum absolute atomic E-state index is 0. The van der Waals surface area contributed by atoms with Gasteiger partial charge in [-0.1, -0.05) is 20.3 Å². The molecule has 0 aliphatic heterocycles. The molecule has 0 fully saturated rings. The topological polar surface area (TPSA) is 38.3 Å². The van der Waals surface area contributed by atoms with Crippen molar-refractivity contribution in [3.63, 3.8) is 0 Å². The highest BCUT2D eigenvalue weighted by Gasteiger charge is 2.15. The predicted octanol–water partition coefficient (Wildman–Crippen LogP) is 2.60. The number of amides is 1. The van der Waals surface area contributed by atoms with Gasteiger partial charge in [-0.3, -0.25) is 4.79 Å². The lowest BCUT2D eigenvalue weighted by Crippen LogP contribution is -2.36. The van der Waals surface area contributed by atoms with Crippen molar-refractivity contribution in [3.8, 4) is 0 Å². The van der Waals surface area contributed by atoms with Crippen molar-refractivity contribution >= 4 is 5.91 Å². The Kier molecular flexibility index (Phi) is 8.38. The third-order valence-corrected chi connectivity index (χ3v) is 2.52. The van der Waals surface area contributed by atoms with Gasteiger partial charge in [0.1, 0.15) is 0 Å². The van der Waals surface area contributed by atoms with Gasteiger partial charge in [0, 0.05) is 20.5 Å². The van der Waals surface area contributed by atoms with Gasteiger partial charge >= 0.3 is 0 Å². The second kappa shape index (κ2) is 8.72. The maximum atomic E-state index is 11.7. The highest BCUT2D eigenvalue weighted by molar-refractivity contribution is 5.78. The van der Waals surface area contributed by atoms with Gasteiger partial charge in [-0.15, -0.1) is 0 Å². The number of carbonyl (C=O) groups is 1. The Morgan fingerprint density at radius 2 is 2.07 bits per heavy atom. The quantitative estimate of drug-likeness (QED) is 0.678. The zero-order valence-electron chi connectivity index (χ0n) is 10.5. The Morgan fingerprint density at radius 3 is 2.53 bits per heavy atom. The minimum Gasteiger partial charge on any atom is -0.377 e. The number of carbonyl (C=O) groups excluding carboxylic acids is 1. The fourth-order valence-corrected chi connectivity index (χ4v) is 1.60. The van der Waals surface area contributed by atoms with Crippen LogP contribution < -0.4 is 5.32 Å². The van der Waals surface area contributed by atoms with E-state index in [1.807, 2.05) is 13.8 Å². The van der Waals surface area contributed by atoms with Crippen molar-refractivity contribution < 1.29 is 11.0 Å². The van der Waals surface area contributed by atoms with E-state index in [-0.39, 0.29) is 19.4 Å². The highest BCUT2D eigenvalue weighted by atomic mass is 16.5. The molecule has 0 rings (SSSR count). The minimum atomic E-state index is 0. The Labute approximate surface area is 95.1 Å². The summed E-state index contributed by atoms with van der Waals surface area (Å²) in [5, 5.41) is 2.94. The van der Waals surface area contributed by atoms with Gasteiger partial charge in [-0.25, -0.2) is 0 Å². The molecule has 1 N–H and O–H groups in total. The first-order valence-corrected chi connectivity index (χ1v) is 6.04. The second-order valence-corrected chi connectivity index (χ2v) is 3.90. The van der Waals surface area contributed by atoms with Crippen LogP contribution in [0.2, 0.25) is 0 Å². The molecule has 0 aromatic rings. The number of hydrogen-bond acceptors (Lipinski definition) is 2. The molecule has 2 unspecified atom stereocenters. The van der Waals surface area contributed by atoms with Gasteiger partial charge in [-0.2, -0.15) is 0 Å². The molecule has 0 bridgehead atoms. The third kappa shape index (κ3) is 6.50. The molecule has 0 spiro atoms. The van der Waals surface area contributed by atoms with E-state index in [0.29, 0.717) is 13.2 Å². The summed E-state index contributed by atoms with van der Waals surface area (Å²) in [6.07, 6.45) is 3.07. The van der Waals surface area contributed by atoms with Crippen LogP contribution in [0.15, 0.2) is 0 Å². The molecule has 1 amide bonds. The van der Waals surface area contributed by atoms with E-state index >= 15 is 0 Å². The molecule has 0 radical (unpaired) electrons. The molecule has 15 heavy (non-hydrogen) atoms. The molecule has 2 atom stereocenters. The Hall–Kier alpha value is -0.570. The number of nitrogens with one attached hydrogen (secondary N) is 1. The largest absolute Gasteiger partial charge is 0.377 e. The van der Waals surface area contributed by atoms with Gasteiger partial charge < -0.3 is 10.1 Å². The van der Waals surface area contributed by atoms with Gasteiger partial charge in [0.15, 0.2) is 0 Å². The standard InChI is InChI=1S/C12H25NO2.H2/c1-5-8-11(6-2)12(14)13-9-10(4)15-7-3;/h10-11H,5-9H2,1-4H3,(H,13,14);1H. The summed E-state index contributed by atoms with van der Waals surface area (Å²) in [5.41, 5.74) is 0. The van der Waals surface area contributed by atoms with Crippen molar-refractivity contribution in [1.29, 1.82) is 0 Å². The highest BCUT2D eigenvalue weighted by Crippen LogP contribution is 2.10. The summed E-state index contributed by atoms with van der Waals surface area (Å²) in [7, 11) is 0. The Balaban J connectivity index is 0. The molecule has 0 aliphatic rings. The molecular weight excluding hydrogens is 190 g/mol. The molecule has 0 saturated heterocycles. The molecular formula is C12H27NO2. The van der Waals surface area contributed by atoms with E-state index in [1.165, 1.54) is 0 Å². The fraction of sp³-hybridized carbons (Fsp3) is 0.917. The van der Waals surface area contributed by atoms with Crippen LogP contribution in [0.3, 0.4) is 0 Å². The summed E-state index contributed by atoms with van der Waals surface area (Å²) >= 11 is 0. The monoisotopic (exact) mass is 217 g/mol. The number of rotatable bonds is 8. The summed E-state index contributed by atoms with van der Waals surface area (Å²) < 4.78 is 5.35. The van der Waals surface area contributed by atoms with Crippen molar-refractivity contribution in [3.05, 3.63) is 0 Å². The summed E-state index contributed by atoms with van der Waals surface area (Å²) in [6.45, 7) is 9.43. The Bertz CT molecular complexity index is 176. The van der Waals surface area contributed by atoms with E-state index in [0.717, 1.165) is 19.3 Å². The van der Waals surface area contributed by atoms with E-state index in [4.69, 9.17) is 4.74 Å². The van der Waals surface area contributed by atoms with Crippen LogP contribution in [-0.4, -0.2) is 25.2 Å². The maximum Gasteiger partial charge on any atom is 0.223 e. The van der Waals surface area contributed by atoms with Crippen molar-refractivity contribution in [2.45, 2.75) is 53.1 Å². The van der Waals surface area contributed by atoms with Gasteiger partial charge in [-0.05, 0) is 26.7 Å². The Morgan fingerprint density at radius 1 is 1.40 bits per heavy atom. The number of hydrogen-bond donors (Lipinski definition) is 1. The SMILES string of the molecule is CCCC(CC)C(=O)NCC(C)OCC.[HH]. The fourth-order valence-electron chi connectivity index (χ4n) is 1.60. The maximum absolute atomic E-state index is 11.7. The zero-order chi connectivity index (χ0) is 11.7. The van der Waals surface area contributed by atoms with E-state index in [9.17, 15) is 4.79 Å². The van der Waals surface area contributed by atoms with Crippen LogP contribution in [0.4, 0.5) is 0 Å². The van der Waals surface area contributed by atoms with Crippen molar-refractivity contribution in [2.75, 3.05) is 13.2 Å². The molecule has 0 aromatic carbocycles. The first kappa shape index (κ1) is 14.4. The van der Waals surface area contributed by atoms with Gasteiger partial charge in [0.2, 0.25) is 5.91 Å². The van der Waals surface area contributed by atoms with Crippen LogP contribution in [-0.2, 0) is 9.53 Å². The molecule has 3 heteroatoms. The normalized spacial score (nSPS) is 14.7. The van der Waals surface area contributed by atoms with E-state index in [2.05, 4.69) is 19.2 Å². The summed E-state index contributed by atoms with van der Waals surface area (Å²) in [4.78, 5) is 11.7. The van der Waals surface area contributed by atoms with Crippen LogP contribution in [0.5, 0.6) is 0 Å². The van der Waals surface area contributed by atoms with Crippen LogP contribution in [0, 0.1) is 5.92 Å². The lowest BCUT2D eigenvalue weighted by atomic mass is 10.00. The van der Waals surface area contributed by atoms with Gasteiger partial charge in [0.25, 0.3) is 0 Å².